The highest BCUT2D eigenvalue weighted by Crippen LogP contribution is 2.30. The maximum atomic E-state index is 12.9. The largest absolute Gasteiger partial charge is 0.451 e. The third kappa shape index (κ3) is 2.64. The molecule has 1 N–H and O–H groups in total. The molecule has 0 atom stereocenters. The summed E-state index contributed by atoms with van der Waals surface area (Å²) in [6.45, 7) is 7.92. The van der Waals surface area contributed by atoms with Crippen LogP contribution in [0.4, 0.5) is 5.69 Å². The second kappa shape index (κ2) is 5.99. The number of fused-ring (bicyclic) bond motifs is 2. The highest BCUT2D eigenvalue weighted by molar-refractivity contribution is 6.10. The van der Waals surface area contributed by atoms with Crippen LogP contribution in [0.5, 0.6) is 0 Å². The van der Waals surface area contributed by atoms with E-state index >= 15 is 0 Å². The fraction of sp³-hybridized carbons (Fsp3) is 0.182. The Morgan fingerprint density at radius 2 is 1.85 bits per heavy atom. The molecular weight excluding hydrogens is 324 g/mol. The number of benzene rings is 2. The van der Waals surface area contributed by atoms with Gasteiger partial charge in [0.25, 0.3) is 5.91 Å². The van der Waals surface area contributed by atoms with Crippen LogP contribution in [0.2, 0.25) is 0 Å². The standard InChI is InChI=1S/C22H20N2O2/c1-12-10-13(2)19-15(4)21(26-18(19)11-12)22(25)24-17-7-5-6-16-9-8-14(3)23-20(16)17/h5-11H,1-4H3,(H,24,25). The molecule has 26 heavy (non-hydrogen) atoms. The molecule has 0 saturated carbocycles. The molecule has 0 fully saturated rings. The molecule has 4 aromatic rings. The number of amides is 1. The van der Waals surface area contributed by atoms with Crippen molar-refractivity contribution in [2.75, 3.05) is 5.32 Å². The summed E-state index contributed by atoms with van der Waals surface area (Å²) < 4.78 is 5.90. The molecule has 4 heteroatoms. The predicted molar refractivity (Wildman–Crippen MR) is 105 cm³/mol. The molecule has 0 saturated heterocycles. The summed E-state index contributed by atoms with van der Waals surface area (Å²) in [5.74, 6) is 0.0879. The third-order valence-electron chi connectivity index (χ3n) is 4.69. The van der Waals surface area contributed by atoms with Crippen molar-refractivity contribution in [2.24, 2.45) is 0 Å². The smallest absolute Gasteiger partial charge is 0.291 e. The topological polar surface area (TPSA) is 55.1 Å². The second-order valence-electron chi connectivity index (χ2n) is 6.80. The highest BCUT2D eigenvalue weighted by atomic mass is 16.3. The number of furan rings is 1. The number of rotatable bonds is 2. The molecule has 0 radical (unpaired) electrons. The van der Waals surface area contributed by atoms with Gasteiger partial charge in [-0.2, -0.15) is 0 Å². The van der Waals surface area contributed by atoms with E-state index in [1.54, 1.807) is 0 Å². The molecule has 2 aromatic heterocycles. The zero-order valence-electron chi connectivity index (χ0n) is 15.3. The first-order valence-corrected chi connectivity index (χ1v) is 8.62. The van der Waals surface area contributed by atoms with Gasteiger partial charge in [-0.1, -0.05) is 24.3 Å². The number of aromatic nitrogens is 1. The number of hydrogen-bond acceptors (Lipinski definition) is 3. The third-order valence-corrected chi connectivity index (χ3v) is 4.69. The Labute approximate surface area is 151 Å². The van der Waals surface area contributed by atoms with Crippen LogP contribution in [0.1, 0.15) is 32.9 Å². The summed E-state index contributed by atoms with van der Waals surface area (Å²) in [7, 11) is 0. The molecule has 0 bridgehead atoms. The first kappa shape index (κ1) is 16.3. The maximum absolute atomic E-state index is 12.9. The van der Waals surface area contributed by atoms with Crippen LogP contribution in [0, 0.1) is 27.7 Å². The van der Waals surface area contributed by atoms with E-state index in [0.717, 1.165) is 44.3 Å². The van der Waals surface area contributed by atoms with Gasteiger partial charge in [0.2, 0.25) is 0 Å². The number of nitrogens with one attached hydrogen (secondary N) is 1. The molecule has 2 heterocycles. The van der Waals surface area contributed by atoms with Crippen molar-refractivity contribution in [3.8, 4) is 0 Å². The van der Waals surface area contributed by atoms with Gasteiger partial charge < -0.3 is 9.73 Å². The van der Waals surface area contributed by atoms with Gasteiger partial charge in [0, 0.05) is 22.0 Å². The first-order chi connectivity index (χ1) is 12.4. The average Bonchev–Trinajstić information content (AvgIpc) is 2.92. The summed E-state index contributed by atoms with van der Waals surface area (Å²) in [6, 6.07) is 13.8. The van der Waals surface area contributed by atoms with Gasteiger partial charge in [-0.25, -0.2) is 0 Å². The molecule has 0 unspecified atom stereocenters. The van der Waals surface area contributed by atoms with E-state index in [1.165, 1.54) is 0 Å². The predicted octanol–water partition coefficient (Wildman–Crippen LogP) is 5.47. The van der Waals surface area contributed by atoms with Gasteiger partial charge in [-0.05, 0) is 57.0 Å². The molecule has 0 spiro atoms. The molecule has 4 rings (SSSR count). The molecule has 1 amide bonds. The van der Waals surface area contributed by atoms with Crippen LogP contribution in [0.3, 0.4) is 0 Å². The minimum atomic E-state index is -0.258. The zero-order valence-corrected chi connectivity index (χ0v) is 15.3. The summed E-state index contributed by atoms with van der Waals surface area (Å²) >= 11 is 0. The number of hydrogen-bond donors (Lipinski definition) is 1. The lowest BCUT2D eigenvalue weighted by Crippen LogP contribution is -2.12. The molecule has 4 nitrogen and oxygen atoms in total. The van der Waals surface area contributed by atoms with E-state index in [4.69, 9.17) is 4.42 Å². The van der Waals surface area contributed by atoms with Gasteiger partial charge >= 0.3 is 0 Å². The fourth-order valence-corrected chi connectivity index (χ4v) is 3.53. The van der Waals surface area contributed by atoms with Gasteiger partial charge in [-0.15, -0.1) is 0 Å². The number of para-hydroxylation sites is 1. The van der Waals surface area contributed by atoms with Crippen molar-refractivity contribution >= 4 is 33.5 Å². The normalized spacial score (nSPS) is 11.2. The van der Waals surface area contributed by atoms with E-state index in [2.05, 4.69) is 16.4 Å². The number of aryl methyl sites for hydroxylation is 4. The Kier molecular flexibility index (Phi) is 3.76. The van der Waals surface area contributed by atoms with Crippen molar-refractivity contribution in [1.82, 2.24) is 4.98 Å². The first-order valence-electron chi connectivity index (χ1n) is 8.62. The molecule has 0 aliphatic rings. The monoisotopic (exact) mass is 344 g/mol. The number of anilines is 1. The van der Waals surface area contributed by atoms with Crippen LogP contribution < -0.4 is 5.32 Å². The average molecular weight is 344 g/mol. The summed E-state index contributed by atoms with van der Waals surface area (Å²) in [6.07, 6.45) is 0. The molecule has 0 aliphatic heterocycles. The molecular formula is C22H20N2O2. The van der Waals surface area contributed by atoms with E-state index < -0.39 is 0 Å². The van der Waals surface area contributed by atoms with Crippen LogP contribution in [-0.4, -0.2) is 10.9 Å². The molecule has 2 aromatic carbocycles. The van der Waals surface area contributed by atoms with Crippen LogP contribution >= 0.6 is 0 Å². The lowest BCUT2D eigenvalue weighted by Gasteiger charge is -2.08. The van der Waals surface area contributed by atoms with Crippen LogP contribution in [0.25, 0.3) is 21.9 Å². The van der Waals surface area contributed by atoms with Gasteiger partial charge in [-0.3, -0.25) is 9.78 Å². The van der Waals surface area contributed by atoms with E-state index in [0.29, 0.717) is 11.4 Å². The summed E-state index contributed by atoms with van der Waals surface area (Å²) in [5.41, 5.74) is 6.21. The lowest BCUT2D eigenvalue weighted by atomic mass is 10.0. The Balaban J connectivity index is 1.78. The highest BCUT2D eigenvalue weighted by Gasteiger charge is 2.20. The van der Waals surface area contributed by atoms with Crippen LogP contribution in [0.15, 0.2) is 46.9 Å². The van der Waals surface area contributed by atoms with Crippen molar-refractivity contribution < 1.29 is 9.21 Å². The minimum absolute atomic E-state index is 0.258. The Morgan fingerprint density at radius 3 is 2.65 bits per heavy atom. The number of carbonyl (C=O) groups is 1. The van der Waals surface area contributed by atoms with Gasteiger partial charge in [0.05, 0.1) is 11.2 Å². The van der Waals surface area contributed by atoms with Crippen molar-refractivity contribution in [3.05, 3.63) is 70.6 Å². The Bertz CT molecular complexity index is 1170. The Hall–Kier alpha value is -3.14. The van der Waals surface area contributed by atoms with E-state index in [-0.39, 0.29) is 5.91 Å². The summed E-state index contributed by atoms with van der Waals surface area (Å²) in [5, 5.41) is 4.96. The van der Waals surface area contributed by atoms with E-state index in [9.17, 15) is 4.79 Å². The van der Waals surface area contributed by atoms with E-state index in [1.807, 2.05) is 64.1 Å². The lowest BCUT2D eigenvalue weighted by molar-refractivity contribution is 0.0998. The quantitative estimate of drug-likeness (QED) is 0.525. The minimum Gasteiger partial charge on any atom is -0.451 e. The van der Waals surface area contributed by atoms with Gasteiger partial charge in [0.1, 0.15) is 5.58 Å². The van der Waals surface area contributed by atoms with Crippen molar-refractivity contribution in [1.29, 1.82) is 0 Å². The fourth-order valence-electron chi connectivity index (χ4n) is 3.53. The Morgan fingerprint density at radius 1 is 1.04 bits per heavy atom. The summed E-state index contributed by atoms with van der Waals surface area (Å²) in [4.78, 5) is 17.5. The number of nitrogens with zero attached hydrogens (tertiary/aromatic N) is 1. The SMILES string of the molecule is Cc1cc(C)c2c(C)c(C(=O)Nc3cccc4ccc(C)nc34)oc2c1. The number of carbonyl (C=O) groups excluding carboxylic acids is 1. The van der Waals surface area contributed by atoms with Gasteiger partial charge in [0.15, 0.2) is 5.76 Å². The zero-order chi connectivity index (χ0) is 18.4. The number of pyridine rings is 1. The second-order valence-corrected chi connectivity index (χ2v) is 6.80. The van der Waals surface area contributed by atoms with Crippen LogP contribution in [-0.2, 0) is 0 Å². The van der Waals surface area contributed by atoms with Crippen molar-refractivity contribution in [3.63, 3.8) is 0 Å². The maximum Gasteiger partial charge on any atom is 0.291 e. The molecule has 0 aliphatic carbocycles. The molecule has 130 valence electrons. The van der Waals surface area contributed by atoms with Crippen molar-refractivity contribution in [2.45, 2.75) is 27.7 Å².